The predicted octanol–water partition coefficient (Wildman–Crippen LogP) is 2.46. The highest BCUT2D eigenvalue weighted by molar-refractivity contribution is 5.57. The maximum Gasteiger partial charge on any atom is 0.487 e. The number of rotatable bonds is 3. The van der Waals surface area contributed by atoms with Gasteiger partial charge >= 0.3 is 6.30 Å². The van der Waals surface area contributed by atoms with E-state index < -0.39 is 12.5 Å². The first-order valence-electron chi connectivity index (χ1n) is 5.02. The maximum absolute atomic E-state index is 12.6. The second kappa shape index (κ2) is 4.28. The van der Waals surface area contributed by atoms with Crippen LogP contribution >= 0.6 is 0 Å². The molecular weight excluding hydrogens is 207 g/mol. The first-order valence-corrected chi connectivity index (χ1v) is 5.02. The van der Waals surface area contributed by atoms with Crippen molar-refractivity contribution in [1.29, 1.82) is 0 Å². The number of hydrogen-bond acceptors (Lipinski definition) is 3. The van der Waals surface area contributed by atoms with Crippen molar-refractivity contribution in [2.75, 3.05) is 6.54 Å². The fourth-order valence-corrected chi connectivity index (χ4v) is 1.60. The number of hydrogen-bond donors (Lipinski definition) is 0. The highest BCUT2D eigenvalue weighted by Crippen LogP contribution is 2.30. The molecular formula is C9H16F3N3. The van der Waals surface area contributed by atoms with Gasteiger partial charge in [-0.1, -0.05) is 13.8 Å². The van der Waals surface area contributed by atoms with Crippen molar-refractivity contribution >= 4 is 6.34 Å². The van der Waals surface area contributed by atoms with Gasteiger partial charge in [-0.15, -0.1) is 13.2 Å². The van der Waals surface area contributed by atoms with Gasteiger partial charge in [0.1, 0.15) is 12.5 Å². The first kappa shape index (κ1) is 12.1. The molecule has 0 aromatic carbocycles. The lowest BCUT2D eigenvalue weighted by molar-refractivity contribution is -0.236. The second-order valence-corrected chi connectivity index (χ2v) is 3.97. The third-order valence-corrected chi connectivity index (χ3v) is 2.29. The molecule has 1 unspecified atom stereocenters. The SMILES string of the molecule is CCN1N=CN(C(F)(F)F)C1CC(C)C. The van der Waals surface area contributed by atoms with Crippen molar-refractivity contribution < 1.29 is 13.2 Å². The molecule has 0 fully saturated rings. The summed E-state index contributed by atoms with van der Waals surface area (Å²) in [7, 11) is 0. The zero-order valence-corrected chi connectivity index (χ0v) is 9.12. The van der Waals surface area contributed by atoms with E-state index in [0.717, 1.165) is 6.34 Å². The van der Waals surface area contributed by atoms with Gasteiger partial charge < -0.3 is 0 Å². The van der Waals surface area contributed by atoms with Crippen molar-refractivity contribution in [2.24, 2.45) is 11.0 Å². The molecule has 0 aromatic rings. The van der Waals surface area contributed by atoms with Crippen LogP contribution in [0.15, 0.2) is 5.10 Å². The smallest absolute Gasteiger partial charge is 0.273 e. The van der Waals surface area contributed by atoms with Gasteiger partial charge in [0.25, 0.3) is 0 Å². The van der Waals surface area contributed by atoms with Crippen LogP contribution in [0.5, 0.6) is 0 Å². The van der Waals surface area contributed by atoms with Gasteiger partial charge in [0.05, 0.1) is 0 Å². The van der Waals surface area contributed by atoms with E-state index in [9.17, 15) is 13.2 Å². The third kappa shape index (κ3) is 2.76. The number of halogens is 3. The molecule has 0 spiro atoms. The monoisotopic (exact) mass is 223 g/mol. The van der Waals surface area contributed by atoms with Gasteiger partial charge in [0.15, 0.2) is 0 Å². The summed E-state index contributed by atoms with van der Waals surface area (Å²) >= 11 is 0. The van der Waals surface area contributed by atoms with Gasteiger partial charge in [-0.3, -0.25) is 9.91 Å². The van der Waals surface area contributed by atoms with E-state index in [1.165, 1.54) is 5.01 Å². The van der Waals surface area contributed by atoms with E-state index >= 15 is 0 Å². The molecule has 0 aliphatic carbocycles. The first-order chi connectivity index (χ1) is 6.86. The van der Waals surface area contributed by atoms with Crippen LogP contribution in [-0.4, -0.2) is 35.3 Å². The molecule has 0 aromatic heterocycles. The lowest BCUT2D eigenvalue weighted by atomic mass is 10.1. The summed E-state index contributed by atoms with van der Waals surface area (Å²) in [5, 5.41) is 5.22. The molecule has 3 nitrogen and oxygen atoms in total. The average Bonchev–Trinajstić information content (AvgIpc) is 2.45. The molecule has 0 bridgehead atoms. The largest absolute Gasteiger partial charge is 0.487 e. The van der Waals surface area contributed by atoms with Gasteiger partial charge in [-0.2, -0.15) is 5.10 Å². The molecule has 6 heteroatoms. The zero-order valence-electron chi connectivity index (χ0n) is 9.12. The van der Waals surface area contributed by atoms with Gasteiger partial charge in [-0.25, -0.2) is 0 Å². The van der Waals surface area contributed by atoms with Crippen LogP contribution in [0.2, 0.25) is 0 Å². The molecule has 88 valence electrons. The summed E-state index contributed by atoms with van der Waals surface area (Å²) in [6, 6.07) is 0. The van der Waals surface area contributed by atoms with E-state index in [1.807, 2.05) is 13.8 Å². The van der Waals surface area contributed by atoms with Crippen molar-refractivity contribution in [1.82, 2.24) is 9.91 Å². The Morgan fingerprint density at radius 1 is 1.40 bits per heavy atom. The topological polar surface area (TPSA) is 18.8 Å². The average molecular weight is 223 g/mol. The Morgan fingerprint density at radius 2 is 2.00 bits per heavy atom. The van der Waals surface area contributed by atoms with E-state index in [4.69, 9.17) is 0 Å². The summed E-state index contributed by atoms with van der Waals surface area (Å²) in [6.07, 6.45) is -3.70. The quantitative estimate of drug-likeness (QED) is 0.684. The lowest BCUT2D eigenvalue weighted by Gasteiger charge is -2.32. The number of hydrazone groups is 1. The van der Waals surface area contributed by atoms with Crippen LogP contribution in [-0.2, 0) is 0 Å². The molecule has 0 saturated heterocycles. The van der Waals surface area contributed by atoms with Crippen LogP contribution in [0.25, 0.3) is 0 Å². The lowest BCUT2D eigenvalue weighted by Crippen LogP contribution is -2.47. The summed E-state index contributed by atoms with van der Waals surface area (Å²) in [5.41, 5.74) is 0. The Labute approximate surface area is 87.5 Å². The Morgan fingerprint density at radius 3 is 2.40 bits per heavy atom. The van der Waals surface area contributed by atoms with Gasteiger partial charge in [0.2, 0.25) is 0 Å². The van der Waals surface area contributed by atoms with E-state index in [-0.39, 0.29) is 5.92 Å². The molecule has 15 heavy (non-hydrogen) atoms. The maximum atomic E-state index is 12.6. The van der Waals surface area contributed by atoms with Crippen molar-refractivity contribution in [3.05, 3.63) is 0 Å². The number of nitrogens with zero attached hydrogens (tertiary/aromatic N) is 3. The molecule has 1 aliphatic rings. The molecule has 0 radical (unpaired) electrons. The summed E-state index contributed by atoms with van der Waals surface area (Å²) < 4.78 is 37.7. The standard InChI is InChI=1S/C9H16F3N3/c1-4-15-8(5-7(2)3)14(6-13-15)9(10,11)12/h6-8H,4-5H2,1-3H3. The molecule has 1 atom stereocenters. The van der Waals surface area contributed by atoms with E-state index in [0.29, 0.717) is 17.9 Å². The number of alkyl halides is 3. The summed E-state index contributed by atoms with van der Waals surface area (Å²) in [5.74, 6) is 0.204. The van der Waals surface area contributed by atoms with E-state index in [1.54, 1.807) is 6.92 Å². The normalized spacial score (nSPS) is 21.9. The molecule has 1 rings (SSSR count). The Kier molecular flexibility index (Phi) is 3.46. The van der Waals surface area contributed by atoms with Crippen molar-refractivity contribution in [3.8, 4) is 0 Å². The fourth-order valence-electron chi connectivity index (χ4n) is 1.60. The summed E-state index contributed by atoms with van der Waals surface area (Å²) in [4.78, 5) is 0.372. The van der Waals surface area contributed by atoms with Crippen LogP contribution in [0.3, 0.4) is 0 Å². The van der Waals surface area contributed by atoms with Crippen LogP contribution in [0, 0.1) is 5.92 Å². The highest BCUT2D eigenvalue weighted by Gasteiger charge is 2.45. The van der Waals surface area contributed by atoms with Crippen LogP contribution < -0.4 is 0 Å². The van der Waals surface area contributed by atoms with E-state index in [2.05, 4.69) is 5.10 Å². The minimum atomic E-state index is -4.34. The zero-order chi connectivity index (χ0) is 11.6. The third-order valence-electron chi connectivity index (χ3n) is 2.29. The van der Waals surface area contributed by atoms with Gasteiger partial charge in [-0.05, 0) is 19.3 Å². The fraction of sp³-hybridized carbons (Fsp3) is 0.889. The second-order valence-electron chi connectivity index (χ2n) is 3.97. The minimum absolute atomic E-state index is 0.204. The van der Waals surface area contributed by atoms with Crippen molar-refractivity contribution in [3.63, 3.8) is 0 Å². The highest BCUT2D eigenvalue weighted by atomic mass is 19.4. The predicted molar refractivity (Wildman–Crippen MR) is 52.0 cm³/mol. The molecule has 1 heterocycles. The Bertz CT molecular complexity index is 237. The van der Waals surface area contributed by atoms with Crippen molar-refractivity contribution in [2.45, 2.75) is 39.7 Å². The molecule has 0 saturated carbocycles. The molecule has 0 N–H and O–H groups in total. The Balaban J connectivity index is 2.76. The summed E-state index contributed by atoms with van der Waals surface area (Å²) in [6.45, 7) is 6.09. The van der Waals surface area contributed by atoms with Gasteiger partial charge in [0, 0.05) is 6.54 Å². The minimum Gasteiger partial charge on any atom is -0.273 e. The van der Waals surface area contributed by atoms with Crippen LogP contribution in [0.4, 0.5) is 13.2 Å². The van der Waals surface area contributed by atoms with Crippen LogP contribution in [0.1, 0.15) is 27.2 Å². The molecule has 1 aliphatic heterocycles. The molecule has 0 amide bonds. The Hall–Kier alpha value is -0.940.